The summed E-state index contributed by atoms with van der Waals surface area (Å²) in [5, 5.41) is 7.89. The lowest BCUT2D eigenvalue weighted by Crippen LogP contribution is -2.18. The standard InChI is InChI=1S/C14H17N3/c1-2-17-10-11(9-15-17)7-13-8-12-5-3-4-6-14(12)16-13/h3-6,9-10,13,16H,2,7-8H2,1H3. The molecule has 1 aromatic heterocycles. The maximum absolute atomic E-state index is 4.31. The van der Waals surface area contributed by atoms with Gasteiger partial charge in [-0.1, -0.05) is 18.2 Å². The molecular formula is C14H17N3. The number of para-hydroxylation sites is 1. The highest BCUT2D eigenvalue weighted by Gasteiger charge is 2.20. The Bertz CT molecular complexity index is 491. The van der Waals surface area contributed by atoms with E-state index in [4.69, 9.17) is 0 Å². The lowest BCUT2D eigenvalue weighted by Gasteiger charge is -2.09. The Morgan fingerprint density at radius 3 is 3.06 bits per heavy atom. The second kappa shape index (κ2) is 4.24. The molecule has 88 valence electrons. The minimum atomic E-state index is 0.516. The van der Waals surface area contributed by atoms with Crippen LogP contribution in [0.25, 0.3) is 0 Å². The van der Waals surface area contributed by atoms with Gasteiger partial charge in [0.1, 0.15) is 0 Å². The number of hydrogen-bond donors (Lipinski definition) is 1. The number of benzene rings is 1. The summed E-state index contributed by atoms with van der Waals surface area (Å²) in [6.45, 7) is 3.05. The third kappa shape index (κ3) is 2.05. The Morgan fingerprint density at radius 1 is 1.41 bits per heavy atom. The van der Waals surface area contributed by atoms with E-state index in [9.17, 15) is 0 Å². The zero-order valence-corrected chi connectivity index (χ0v) is 10.1. The maximum atomic E-state index is 4.31. The van der Waals surface area contributed by atoms with Crippen LogP contribution in [0.4, 0.5) is 5.69 Å². The molecule has 0 fully saturated rings. The fourth-order valence-corrected chi connectivity index (χ4v) is 2.47. The van der Waals surface area contributed by atoms with Crippen LogP contribution in [0.15, 0.2) is 36.7 Å². The highest BCUT2D eigenvalue weighted by atomic mass is 15.3. The highest BCUT2D eigenvalue weighted by molar-refractivity contribution is 5.56. The Labute approximate surface area is 101 Å². The molecule has 1 aliphatic heterocycles. The maximum Gasteiger partial charge on any atom is 0.0522 e. The lowest BCUT2D eigenvalue weighted by molar-refractivity contribution is 0.658. The van der Waals surface area contributed by atoms with Crippen LogP contribution in [-0.2, 0) is 19.4 Å². The van der Waals surface area contributed by atoms with Crippen LogP contribution in [-0.4, -0.2) is 15.8 Å². The molecule has 2 heterocycles. The van der Waals surface area contributed by atoms with E-state index in [1.165, 1.54) is 16.8 Å². The van der Waals surface area contributed by atoms with Gasteiger partial charge in [-0.05, 0) is 37.0 Å². The van der Waals surface area contributed by atoms with Crippen LogP contribution in [0.5, 0.6) is 0 Å². The van der Waals surface area contributed by atoms with Gasteiger partial charge in [-0.2, -0.15) is 5.10 Å². The molecule has 2 aromatic rings. The molecule has 0 amide bonds. The number of anilines is 1. The Hall–Kier alpha value is -1.77. The number of aryl methyl sites for hydroxylation is 1. The van der Waals surface area contributed by atoms with Gasteiger partial charge in [-0.25, -0.2) is 0 Å². The summed E-state index contributed by atoms with van der Waals surface area (Å²) >= 11 is 0. The zero-order chi connectivity index (χ0) is 11.7. The molecule has 1 atom stereocenters. The van der Waals surface area contributed by atoms with Gasteiger partial charge in [0.25, 0.3) is 0 Å². The predicted octanol–water partition coefficient (Wildman–Crippen LogP) is 2.48. The van der Waals surface area contributed by atoms with Crippen LogP contribution in [0, 0.1) is 0 Å². The lowest BCUT2D eigenvalue weighted by atomic mass is 10.1. The Kier molecular flexibility index (Phi) is 2.59. The monoisotopic (exact) mass is 227 g/mol. The molecule has 3 nitrogen and oxygen atoms in total. The van der Waals surface area contributed by atoms with E-state index in [0.29, 0.717) is 6.04 Å². The molecule has 1 aliphatic rings. The molecule has 1 unspecified atom stereocenters. The van der Waals surface area contributed by atoms with Gasteiger partial charge in [0.2, 0.25) is 0 Å². The summed E-state index contributed by atoms with van der Waals surface area (Å²) in [4.78, 5) is 0. The van der Waals surface area contributed by atoms with Crippen molar-refractivity contribution < 1.29 is 0 Å². The number of rotatable bonds is 3. The molecule has 1 N–H and O–H groups in total. The molecule has 0 radical (unpaired) electrons. The van der Waals surface area contributed by atoms with Crippen molar-refractivity contribution in [3.8, 4) is 0 Å². The fraction of sp³-hybridized carbons (Fsp3) is 0.357. The molecule has 0 saturated heterocycles. The van der Waals surface area contributed by atoms with Crippen molar-refractivity contribution in [3.63, 3.8) is 0 Å². The number of aromatic nitrogens is 2. The van der Waals surface area contributed by atoms with Crippen molar-refractivity contribution in [2.45, 2.75) is 32.4 Å². The van der Waals surface area contributed by atoms with Gasteiger partial charge in [0.15, 0.2) is 0 Å². The van der Waals surface area contributed by atoms with E-state index < -0.39 is 0 Å². The van der Waals surface area contributed by atoms with Crippen LogP contribution < -0.4 is 5.32 Å². The van der Waals surface area contributed by atoms with Gasteiger partial charge in [-0.15, -0.1) is 0 Å². The molecule has 17 heavy (non-hydrogen) atoms. The minimum Gasteiger partial charge on any atom is -0.381 e. The topological polar surface area (TPSA) is 29.9 Å². The van der Waals surface area contributed by atoms with Gasteiger partial charge < -0.3 is 5.32 Å². The fourth-order valence-electron chi connectivity index (χ4n) is 2.47. The zero-order valence-electron chi connectivity index (χ0n) is 10.1. The largest absolute Gasteiger partial charge is 0.381 e. The second-order valence-electron chi connectivity index (χ2n) is 4.61. The van der Waals surface area contributed by atoms with Crippen molar-refractivity contribution >= 4 is 5.69 Å². The summed E-state index contributed by atoms with van der Waals surface area (Å²) in [7, 11) is 0. The first-order chi connectivity index (χ1) is 8.35. The number of fused-ring (bicyclic) bond motifs is 1. The van der Waals surface area contributed by atoms with Crippen LogP contribution >= 0.6 is 0 Å². The summed E-state index contributed by atoms with van der Waals surface area (Å²) in [5.41, 5.74) is 4.04. The summed E-state index contributed by atoms with van der Waals surface area (Å²) in [6, 6.07) is 9.08. The molecule has 1 aromatic carbocycles. The highest BCUT2D eigenvalue weighted by Crippen LogP contribution is 2.26. The molecular weight excluding hydrogens is 210 g/mol. The first kappa shape index (κ1) is 10.4. The second-order valence-corrected chi connectivity index (χ2v) is 4.61. The first-order valence-corrected chi connectivity index (χ1v) is 6.21. The predicted molar refractivity (Wildman–Crippen MR) is 69.2 cm³/mol. The van der Waals surface area contributed by atoms with Gasteiger partial charge in [-0.3, -0.25) is 4.68 Å². The van der Waals surface area contributed by atoms with Crippen molar-refractivity contribution in [2.75, 3.05) is 5.32 Å². The molecule has 0 bridgehead atoms. The third-order valence-electron chi connectivity index (χ3n) is 3.34. The third-order valence-corrected chi connectivity index (χ3v) is 3.34. The van der Waals surface area contributed by atoms with Crippen molar-refractivity contribution in [3.05, 3.63) is 47.8 Å². The summed E-state index contributed by atoms with van der Waals surface area (Å²) < 4.78 is 1.98. The van der Waals surface area contributed by atoms with E-state index in [-0.39, 0.29) is 0 Å². The molecule has 0 aliphatic carbocycles. The van der Waals surface area contributed by atoms with Gasteiger partial charge >= 0.3 is 0 Å². The molecule has 3 rings (SSSR count). The Morgan fingerprint density at radius 2 is 2.29 bits per heavy atom. The van der Waals surface area contributed by atoms with Crippen LogP contribution in [0.2, 0.25) is 0 Å². The SMILES string of the molecule is CCn1cc(CC2Cc3ccccc3N2)cn1. The minimum absolute atomic E-state index is 0.516. The van der Waals surface area contributed by atoms with Crippen molar-refractivity contribution in [2.24, 2.45) is 0 Å². The first-order valence-electron chi connectivity index (χ1n) is 6.21. The summed E-state index contributed by atoms with van der Waals surface area (Å²) in [6.07, 6.45) is 6.29. The van der Waals surface area contributed by atoms with E-state index in [2.05, 4.69) is 47.8 Å². The molecule has 0 saturated carbocycles. The smallest absolute Gasteiger partial charge is 0.0522 e. The van der Waals surface area contributed by atoms with E-state index in [0.717, 1.165) is 19.4 Å². The van der Waals surface area contributed by atoms with Crippen molar-refractivity contribution in [1.82, 2.24) is 9.78 Å². The molecule has 0 spiro atoms. The number of nitrogens with one attached hydrogen (secondary N) is 1. The average Bonchev–Trinajstić information content (AvgIpc) is 2.94. The van der Waals surface area contributed by atoms with E-state index in [1.807, 2.05) is 10.9 Å². The van der Waals surface area contributed by atoms with E-state index in [1.54, 1.807) is 0 Å². The Balaban J connectivity index is 1.69. The van der Waals surface area contributed by atoms with Gasteiger partial charge in [0.05, 0.1) is 6.20 Å². The number of hydrogen-bond acceptors (Lipinski definition) is 2. The average molecular weight is 227 g/mol. The quantitative estimate of drug-likeness (QED) is 0.873. The van der Waals surface area contributed by atoms with Crippen LogP contribution in [0.3, 0.4) is 0 Å². The van der Waals surface area contributed by atoms with E-state index >= 15 is 0 Å². The van der Waals surface area contributed by atoms with Crippen molar-refractivity contribution in [1.29, 1.82) is 0 Å². The normalized spacial score (nSPS) is 17.8. The number of nitrogens with zero attached hydrogens (tertiary/aromatic N) is 2. The molecule has 3 heteroatoms. The van der Waals surface area contributed by atoms with Crippen LogP contribution in [0.1, 0.15) is 18.1 Å². The van der Waals surface area contributed by atoms with Gasteiger partial charge in [0, 0.05) is 24.5 Å². The summed E-state index contributed by atoms with van der Waals surface area (Å²) in [5.74, 6) is 0.